The van der Waals surface area contributed by atoms with Crippen LogP contribution in [0.3, 0.4) is 0 Å². The second kappa shape index (κ2) is 13.3. The molecule has 1 aromatic carbocycles. The molecule has 3 aliphatic rings. The molecule has 2 aliphatic heterocycles. The molecule has 1 aliphatic carbocycles. The molecule has 1 amide bonds. The SMILES string of the molecule is CC1(C)COCCC[C@H]2CN(Cc3ccc(S(C)(=O)=O)cc3)CC[C@H]2CC(=O)N(CC2CCC(F)(F)CC2)C[C@@H]1O. The van der Waals surface area contributed by atoms with E-state index in [0.29, 0.717) is 49.8 Å². The fourth-order valence-electron chi connectivity index (χ4n) is 6.56. The summed E-state index contributed by atoms with van der Waals surface area (Å²) in [6, 6.07) is 7.06. The lowest BCUT2D eigenvalue weighted by Gasteiger charge is -2.40. The van der Waals surface area contributed by atoms with Gasteiger partial charge in [-0.15, -0.1) is 0 Å². The highest BCUT2D eigenvalue weighted by Crippen LogP contribution is 2.37. The van der Waals surface area contributed by atoms with Gasteiger partial charge in [-0.25, -0.2) is 17.2 Å². The number of alkyl halides is 2. The Labute approximate surface area is 244 Å². The highest BCUT2D eigenvalue weighted by molar-refractivity contribution is 7.90. The summed E-state index contributed by atoms with van der Waals surface area (Å²) >= 11 is 0. The van der Waals surface area contributed by atoms with Crippen molar-refractivity contribution in [3.05, 3.63) is 29.8 Å². The van der Waals surface area contributed by atoms with Crippen LogP contribution in [0.25, 0.3) is 0 Å². The molecule has 232 valence electrons. The zero-order valence-corrected chi connectivity index (χ0v) is 25.7. The lowest BCUT2D eigenvalue weighted by Crippen LogP contribution is -2.48. The number of carbonyl (C=O) groups is 1. The first-order chi connectivity index (χ1) is 19.2. The van der Waals surface area contributed by atoms with Crippen molar-refractivity contribution in [1.29, 1.82) is 0 Å². The van der Waals surface area contributed by atoms with E-state index in [2.05, 4.69) is 4.90 Å². The van der Waals surface area contributed by atoms with Crippen molar-refractivity contribution >= 4 is 15.7 Å². The lowest BCUT2D eigenvalue weighted by atomic mass is 9.79. The minimum Gasteiger partial charge on any atom is -0.391 e. The standard InChI is InChI=1S/C31H48F2N2O5S/c1-30(2)22-40-16-4-5-26-20-34(18-23-6-8-27(9-7-23)41(3,38)39)15-12-25(26)17-29(37)35(21-28(30)36)19-24-10-13-31(32,33)14-11-24/h6-9,24-26,28,36H,4-5,10-22H2,1-3H3/t25-,26-,28-/m0/s1. The number of nitrogens with zero attached hydrogens (tertiary/aromatic N) is 2. The van der Waals surface area contributed by atoms with E-state index in [0.717, 1.165) is 44.5 Å². The number of aliphatic hydroxyl groups excluding tert-OH is 1. The monoisotopic (exact) mass is 598 g/mol. The van der Waals surface area contributed by atoms with Crippen LogP contribution in [0.5, 0.6) is 0 Å². The number of sulfone groups is 1. The third-order valence-electron chi connectivity index (χ3n) is 9.47. The molecule has 1 saturated carbocycles. The lowest BCUT2D eigenvalue weighted by molar-refractivity contribution is -0.138. The molecule has 4 rings (SSSR count). The predicted molar refractivity (Wildman–Crippen MR) is 154 cm³/mol. The molecule has 0 unspecified atom stereocenters. The van der Waals surface area contributed by atoms with E-state index in [-0.39, 0.29) is 37.1 Å². The number of amides is 1. The number of hydrogen-bond donors (Lipinski definition) is 1. The van der Waals surface area contributed by atoms with Gasteiger partial charge in [0.15, 0.2) is 9.84 Å². The van der Waals surface area contributed by atoms with Gasteiger partial charge in [0.1, 0.15) is 0 Å². The van der Waals surface area contributed by atoms with Gasteiger partial charge in [-0.1, -0.05) is 26.0 Å². The molecule has 41 heavy (non-hydrogen) atoms. The highest BCUT2D eigenvalue weighted by atomic mass is 32.2. The molecule has 7 nitrogen and oxygen atoms in total. The summed E-state index contributed by atoms with van der Waals surface area (Å²) in [7, 11) is -3.24. The molecule has 2 saturated heterocycles. The van der Waals surface area contributed by atoms with Gasteiger partial charge in [-0.3, -0.25) is 9.69 Å². The zero-order chi connectivity index (χ0) is 29.8. The maximum atomic E-state index is 13.8. The van der Waals surface area contributed by atoms with E-state index in [4.69, 9.17) is 4.74 Å². The quantitative estimate of drug-likeness (QED) is 0.526. The maximum Gasteiger partial charge on any atom is 0.248 e. The molecule has 1 N–H and O–H groups in total. The van der Waals surface area contributed by atoms with E-state index in [1.165, 1.54) is 6.26 Å². The zero-order valence-electron chi connectivity index (χ0n) is 24.9. The van der Waals surface area contributed by atoms with Crippen LogP contribution < -0.4 is 0 Å². The number of benzene rings is 1. The van der Waals surface area contributed by atoms with Crippen LogP contribution in [0, 0.1) is 23.2 Å². The Morgan fingerprint density at radius 3 is 2.37 bits per heavy atom. The minimum atomic E-state index is -3.24. The fourth-order valence-corrected chi connectivity index (χ4v) is 7.19. The minimum absolute atomic E-state index is 0.0113. The number of halogens is 2. The molecular weight excluding hydrogens is 550 g/mol. The molecule has 0 radical (unpaired) electrons. The average molecular weight is 599 g/mol. The summed E-state index contributed by atoms with van der Waals surface area (Å²) in [5, 5.41) is 11.1. The van der Waals surface area contributed by atoms with Gasteiger partial charge in [-0.05, 0) is 74.1 Å². The Kier molecular flexibility index (Phi) is 10.5. The molecule has 0 spiro atoms. The molecule has 1 aromatic rings. The number of piperidine rings is 1. The van der Waals surface area contributed by atoms with Crippen molar-refractivity contribution in [1.82, 2.24) is 9.80 Å². The first-order valence-corrected chi connectivity index (χ1v) is 17.0. The molecule has 3 atom stereocenters. The highest BCUT2D eigenvalue weighted by Gasteiger charge is 2.39. The summed E-state index contributed by atoms with van der Waals surface area (Å²) < 4.78 is 57.2. The van der Waals surface area contributed by atoms with Crippen LogP contribution in [-0.2, 0) is 25.9 Å². The second-order valence-electron chi connectivity index (χ2n) is 13.5. The van der Waals surface area contributed by atoms with Gasteiger partial charge in [0.05, 0.1) is 17.6 Å². The number of carbonyl (C=O) groups excluding carboxylic acids is 1. The summed E-state index contributed by atoms with van der Waals surface area (Å²) in [5.41, 5.74) is 0.517. The third kappa shape index (κ3) is 9.18. The molecule has 3 fully saturated rings. The van der Waals surface area contributed by atoms with E-state index in [1.54, 1.807) is 17.0 Å². The Morgan fingerprint density at radius 2 is 1.71 bits per heavy atom. The largest absolute Gasteiger partial charge is 0.391 e. The summed E-state index contributed by atoms with van der Waals surface area (Å²) in [6.07, 6.45) is 4.02. The number of rotatable bonds is 5. The van der Waals surface area contributed by atoms with Crippen LogP contribution in [-0.4, -0.2) is 86.9 Å². The molecule has 10 heteroatoms. The van der Waals surface area contributed by atoms with E-state index in [9.17, 15) is 27.1 Å². The molecule has 0 aromatic heterocycles. The van der Waals surface area contributed by atoms with Gasteiger partial charge in [0, 0.05) is 63.7 Å². The van der Waals surface area contributed by atoms with Crippen molar-refractivity contribution < 1.29 is 31.8 Å². The van der Waals surface area contributed by atoms with Crippen LogP contribution in [0.1, 0.15) is 70.8 Å². The number of aliphatic hydroxyl groups is 1. The average Bonchev–Trinajstić information content (AvgIpc) is 2.90. The topological polar surface area (TPSA) is 87.2 Å². The van der Waals surface area contributed by atoms with E-state index in [1.807, 2.05) is 26.0 Å². The van der Waals surface area contributed by atoms with Crippen molar-refractivity contribution in [3.8, 4) is 0 Å². The Bertz CT molecular complexity index is 1120. The summed E-state index contributed by atoms with van der Waals surface area (Å²) in [4.78, 5) is 18.2. The molecular formula is C31H48F2N2O5S. The molecule has 0 bridgehead atoms. The van der Waals surface area contributed by atoms with Crippen LogP contribution in [0.15, 0.2) is 29.2 Å². The maximum absolute atomic E-state index is 13.8. The van der Waals surface area contributed by atoms with Crippen molar-refractivity contribution in [2.24, 2.45) is 23.2 Å². The van der Waals surface area contributed by atoms with E-state index < -0.39 is 27.3 Å². The van der Waals surface area contributed by atoms with Gasteiger partial charge in [0.2, 0.25) is 11.8 Å². The Balaban J connectivity index is 1.45. The number of fused-ring (bicyclic) bond motifs is 1. The van der Waals surface area contributed by atoms with Crippen molar-refractivity contribution in [2.45, 2.75) is 88.7 Å². The number of β-amino-alcohol motifs (C(OH)–C–C–N with tert-alkyl or cyclic N) is 1. The first kappa shape index (κ1) is 32.3. The van der Waals surface area contributed by atoms with E-state index >= 15 is 0 Å². The van der Waals surface area contributed by atoms with Crippen molar-refractivity contribution in [2.75, 3.05) is 45.6 Å². The van der Waals surface area contributed by atoms with Gasteiger partial charge < -0.3 is 14.7 Å². The summed E-state index contributed by atoms with van der Waals surface area (Å²) in [5.74, 6) is -2.07. The third-order valence-corrected chi connectivity index (χ3v) is 10.6. The Hall–Kier alpha value is -1.62. The normalized spacial score (nSPS) is 29.2. The number of likely N-dealkylation sites (tertiary alicyclic amines) is 1. The van der Waals surface area contributed by atoms with Crippen LogP contribution in [0.4, 0.5) is 8.78 Å². The van der Waals surface area contributed by atoms with Gasteiger partial charge in [-0.2, -0.15) is 0 Å². The van der Waals surface area contributed by atoms with Crippen molar-refractivity contribution in [3.63, 3.8) is 0 Å². The Morgan fingerprint density at radius 1 is 1.02 bits per heavy atom. The van der Waals surface area contributed by atoms with Crippen LogP contribution in [0.2, 0.25) is 0 Å². The first-order valence-electron chi connectivity index (χ1n) is 15.1. The van der Waals surface area contributed by atoms with Gasteiger partial charge in [0.25, 0.3) is 0 Å². The second-order valence-corrected chi connectivity index (χ2v) is 15.5. The smallest absolute Gasteiger partial charge is 0.248 e. The van der Waals surface area contributed by atoms with Gasteiger partial charge >= 0.3 is 0 Å². The fraction of sp³-hybridized carbons (Fsp3) is 0.774. The summed E-state index contributed by atoms with van der Waals surface area (Å²) in [6.45, 7) is 7.88. The number of hydrogen-bond acceptors (Lipinski definition) is 6. The predicted octanol–water partition coefficient (Wildman–Crippen LogP) is 4.77. The molecule has 2 heterocycles. The number of ether oxygens (including phenoxy) is 1. The van der Waals surface area contributed by atoms with Crippen LogP contribution >= 0.6 is 0 Å².